The van der Waals surface area contributed by atoms with E-state index in [4.69, 9.17) is 10.8 Å². The molecule has 0 unspecified atom stereocenters. The molecular formula is C6H12N2O2S. The van der Waals surface area contributed by atoms with Crippen LogP contribution in [0.2, 0.25) is 0 Å². The van der Waals surface area contributed by atoms with Crippen LogP contribution in [-0.4, -0.2) is 22.7 Å². The number of carboxylic acids is 1. The van der Waals surface area contributed by atoms with E-state index < -0.39 is 5.97 Å². The fraction of sp³-hybridized carbons (Fsp3) is 0.667. The molecule has 0 atom stereocenters. The lowest BCUT2D eigenvalue weighted by Gasteiger charge is -2.00. The number of aliphatic carboxylic acids is 1. The minimum Gasteiger partial charge on any atom is -0.481 e. The van der Waals surface area contributed by atoms with Gasteiger partial charge in [-0.2, -0.15) is 0 Å². The molecule has 0 heterocycles. The summed E-state index contributed by atoms with van der Waals surface area (Å²) in [5.41, 5.74) is 5.14. The zero-order chi connectivity index (χ0) is 8.69. The molecule has 0 fully saturated rings. The van der Waals surface area contributed by atoms with Crippen molar-refractivity contribution in [1.82, 2.24) is 5.32 Å². The van der Waals surface area contributed by atoms with Crippen molar-refractivity contribution in [2.24, 2.45) is 5.73 Å². The molecule has 0 bridgehead atoms. The third-order valence-corrected chi connectivity index (χ3v) is 1.26. The van der Waals surface area contributed by atoms with Crippen molar-refractivity contribution in [3.8, 4) is 0 Å². The van der Waals surface area contributed by atoms with Crippen LogP contribution in [0.1, 0.15) is 19.3 Å². The van der Waals surface area contributed by atoms with Gasteiger partial charge in [0, 0.05) is 13.0 Å². The number of hydrogen-bond acceptors (Lipinski definition) is 2. The van der Waals surface area contributed by atoms with Crippen LogP contribution in [0.3, 0.4) is 0 Å². The average molecular weight is 176 g/mol. The van der Waals surface area contributed by atoms with E-state index in [1.54, 1.807) is 0 Å². The predicted octanol–water partition coefficient (Wildman–Crippen LogP) is 0.0745. The molecule has 0 saturated heterocycles. The van der Waals surface area contributed by atoms with Crippen LogP contribution in [0.25, 0.3) is 0 Å². The van der Waals surface area contributed by atoms with Crippen molar-refractivity contribution in [2.45, 2.75) is 19.3 Å². The van der Waals surface area contributed by atoms with E-state index in [2.05, 4.69) is 17.5 Å². The minimum atomic E-state index is -0.764. The van der Waals surface area contributed by atoms with E-state index in [1.807, 2.05) is 0 Å². The number of thiocarbonyl (C=S) groups is 1. The third-order valence-electron chi connectivity index (χ3n) is 1.12. The molecule has 0 rings (SSSR count). The van der Waals surface area contributed by atoms with E-state index >= 15 is 0 Å². The quantitative estimate of drug-likeness (QED) is 0.408. The van der Waals surface area contributed by atoms with Crippen LogP contribution >= 0.6 is 12.2 Å². The summed E-state index contributed by atoms with van der Waals surface area (Å²) < 4.78 is 0. The highest BCUT2D eigenvalue weighted by molar-refractivity contribution is 7.80. The van der Waals surface area contributed by atoms with Gasteiger partial charge in [-0.05, 0) is 25.1 Å². The zero-order valence-electron chi connectivity index (χ0n) is 6.17. The van der Waals surface area contributed by atoms with Gasteiger partial charge in [-0.15, -0.1) is 0 Å². The third kappa shape index (κ3) is 9.16. The summed E-state index contributed by atoms with van der Waals surface area (Å²) in [7, 11) is 0. The van der Waals surface area contributed by atoms with Gasteiger partial charge in [-0.25, -0.2) is 0 Å². The van der Waals surface area contributed by atoms with Gasteiger partial charge in [-0.3, -0.25) is 4.79 Å². The second-order valence-electron chi connectivity index (χ2n) is 2.14. The maximum absolute atomic E-state index is 10.0. The van der Waals surface area contributed by atoms with Gasteiger partial charge in [0.05, 0.1) is 0 Å². The number of nitrogens with two attached hydrogens (primary N) is 1. The highest BCUT2D eigenvalue weighted by Gasteiger charge is 1.95. The number of carbonyl (C=O) groups is 1. The number of carboxylic acid groups (broad SMARTS) is 1. The Morgan fingerprint density at radius 1 is 1.55 bits per heavy atom. The molecule has 0 spiro atoms. The Hall–Kier alpha value is -0.840. The summed E-state index contributed by atoms with van der Waals surface area (Å²) in [6, 6.07) is 0. The molecule has 0 aliphatic carbocycles. The van der Waals surface area contributed by atoms with Gasteiger partial charge in [0.25, 0.3) is 0 Å². The largest absolute Gasteiger partial charge is 0.481 e. The Kier molecular flexibility index (Phi) is 5.46. The first-order valence-electron chi connectivity index (χ1n) is 3.38. The summed E-state index contributed by atoms with van der Waals surface area (Å²) in [5, 5.41) is 11.3. The molecule has 0 aromatic carbocycles. The SMILES string of the molecule is NC(=S)NCCCCC(=O)O. The van der Waals surface area contributed by atoms with E-state index in [1.165, 1.54) is 0 Å². The molecule has 0 aliphatic heterocycles. The number of hydrogen-bond donors (Lipinski definition) is 3. The molecule has 4 N–H and O–H groups in total. The zero-order valence-corrected chi connectivity index (χ0v) is 6.99. The lowest BCUT2D eigenvalue weighted by atomic mass is 10.2. The van der Waals surface area contributed by atoms with Crippen LogP contribution in [-0.2, 0) is 4.79 Å². The van der Waals surface area contributed by atoms with Crippen molar-refractivity contribution in [3.63, 3.8) is 0 Å². The Bertz CT molecular complexity index is 134. The summed E-state index contributed by atoms with van der Waals surface area (Å²) in [6.45, 7) is 0.655. The molecule has 5 heteroatoms. The summed E-state index contributed by atoms with van der Waals surface area (Å²) in [6.07, 6.45) is 1.65. The van der Waals surface area contributed by atoms with Crippen molar-refractivity contribution in [3.05, 3.63) is 0 Å². The summed E-state index contributed by atoms with van der Waals surface area (Å²) >= 11 is 4.55. The highest BCUT2D eigenvalue weighted by Crippen LogP contribution is 1.92. The number of nitrogens with one attached hydrogen (secondary N) is 1. The van der Waals surface area contributed by atoms with Crippen LogP contribution in [0.15, 0.2) is 0 Å². The minimum absolute atomic E-state index is 0.207. The number of unbranched alkanes of at least 4 members (excludes halogenated alkanes) is 1. The first kappa shape index (κ1) is 10.2. The molecule has 64 valence electrons. The molecule has 0 aliphatic rings. The van der Waals surface area contributed by atoms with Gasteiger partial charge in [0.2, 0.25) is 0 Å². The molecule has 0 amide bonds. The van der Waals surface area contributed by atoms with Gasteiger partial charge in [-0.1, -0.05) is 0 Å². The first-order valence-corrected chi connectivity index (χ1v) is 3.79. The highest BCUT2D eigenvalue weighted by atomic mass is 32.1. The Morgan fingerprint density at radius 3 is 2.64 bits per heavy atom. The molecular weight excluding hydrogens is 164 g/mol. The summed E-state index contributed by atoms with van der Waals surface area (Å²) in [5.74, 6) is -0.764. The second-order valence-corrected chi connectivity index (χ2v) is 2.58. The lowest BCUT2D eigenvalue weighted by Crippen LogP contribution is -2.29. The Balaban J connectivity index is 3.03. The van der Waals surface area contributed by atoms with Gasteiger partial charge < -0.3 is 16.2 Å². The predicted molar refractivity (Wildman–Crippen MR) is 46.3 cm³/mol. The number of rotatable bonds is 5. The first-order chi connectivity index (χ1) is 5.13. The van der Waals surface area contributed by atoms with Crippen LogP contribution in [0.5, 0.6) is 0 Å². The van der Waals surface area contributed by atoms with Gasteiger partial charge in [0.1, 0.15) is 0 Å². The monoisotopic (exact) mass is 176 g/mol. The summed E-state index contributed by atoms with van der Waals surface area (Å²) in [4.78, 5) is 10.0. The normalized spacial score (nSPS) is 9.09. The van der Waals surface area contributed by atoms with E-state index in [0.29, 0.717) is 13.0 Å². The maximum atomic E-state index is 10.0. The second kappa shape index (κ2) is 5.91. The Labute approximate surface area is 70.8 Å². The molecule has 0 saturated carbocycles. The topological polar surface area (TPSA) is 75.3 Å². The molecule has 0 aromatic heterocycles. The molecule has 0 aromatic rings. The van der Waals surface area contributed by atoms with Crippen LogP contribution in [0.4, 0.5) is 0 Å². The average Bonchev–Trinajstić information content (AvgIpc) is 1.85. The maximum Gasteiger partial charge on any atom is 0.303 e. The van der Waals surface area contributed by atoms with E-state index in [-0.39, 0.29) is 11.5 Å². The molecule has 4 nitrogen and oxygen atoms in total. The lowest BCUT2D eigenvalue weighted by molar-refractivity contribution is -0.137. The fourth-order valence-electron chi connectivity index (χ4n) is 0.613. The van der Waals surface area contributed by atoms with Crippen LogP contribution < -0.4 is 11.1 Å². The van der Waals surface area contributed by atoms with Crippen molar-refractivity contribution >= 4 is 23.3 Å². The fourth-order valence-corrected chi connectivity index (χ4v) is 0.715. The van der Waals surface area contributed by atoms with Crippen LogP contribution in [0, 0.1) is 0 Å². The smallest absolute Gasteiger partial charge is 0.303 e. The van der Waals surface area contributed by atoms with E-state index in [0.717, 1.165) is 6.42 Å². The van der Waals surface area contributed by atoms with Crippen molar-refractivity contribution in [1.29, 1.82) is 0 Å². The standard InChI is InChI=1S/C6H12N2O2S/c7-6(11)8-4-2-1-3-5(9)10/h1-4H2,(H,9,10)(H3,7,8,11). The van der Waals surface area contributed by atoms with Gasteiger partial charge in [0.15, 0.2) is 5.11 Å². The molecule has 11 heavy (non-hydrogen) atoms. The van der Waals surface area contributed by atoms with Crippen molar-refractivity contribution in [2.75, 3.05) is 6.54 Å². The van der Waals surface area contributed by atoms with E-state index in [9.17, 15) is 4.79 Å². The van der Waals surface area contributed by atoms with Gasteiger partial charge >= 0.3 is 5.97 Å². The van der Waals surface area contributed by atoms with Crippen molar-refractivity contribution < 1.29 is 9.90 Å². The molecule has 0 radical (unpaired) electrons. The Morgan fingerprint density at radius 2 is 2.18 bits per heavy atom.